The second kappa shape index (κ2) is 6.32. The summed E-state index contributed by atoms with van der Waals surface area (Å²) < 4.78 is 0. The topological polar surface area (TPSA) is 113 Å². The van der Waals surface area contributed by atoms with Crippen LogP contribution in [-0.2, 0) is 9.59 Å². The van der Waals surface area contributed by atoms with Gasteiger partial charge in [0.25, 0.3) is 0 Å². The van der Waals surface area contributed by atoms with Crippen LogP contribution in [0.15, 0.2) is 0 Å². The van der Waals surface area contributed by atoms with E-state index in [1.165, 1.54) is 4.90 Å². The van der Waals surface area contributed by atoms with Gasteiger partial charge in [-0.1, -0.05) is 34.1 Å². The number of carbonyl (C=O) groups is 3. The number of likely N-dealkylation sites (tertiary alicyclic amines) is 1. The standard InChI is InChI=1S/C14H25N3O4/c1-5-8-6-7-17(9(8)11(15)18)12(19)10(14(2,3)4)16-13(20)21/h8-10,16H,5-7H2,1-4H3,(H2,15,18)(H,20,21)/t8-,9+,10-/m1/s1. The van der Waals surface area contributed by atoms with Crippen LogP contribution in [0.2, 0.25) is 0 Å². The Bertz CT molecular complexity index is 430. The average molecular weight is 299 g/mol. The fourth-order valence-corrected chi connectivity index (χ4v) is 2.85. The Balaban J connectivity index is 3.03. The van der Waals surface area contributed by atoms with E-state index in [1.807, 2.05) is 6.92 Å². The van der Waals surface area contributed by atoms with Crippen LogP contribution in [0.1, 0.15) is 40.5 Å². The van der Waals surface area contributed by atoms with Crippen molar-refractivity contribution in [2.75, 3.05) is 6.54 Å². The Labute approximate surface area is 124 Å². The maximum atomic E-state index is 12.7. The zero-order chi connectivity index (χ0) is 16.4. The Kier molecular flexibility index (Phi) is 5.20. The predicted octanol–water partition coefficient (Wildman–Crippen LogP) is 0.781. The van der Waals surface area contributed by atoms with Crippen LogP contribution in [0.4, 0.5) is 4.79 Å². The van der Waals surface area contributed by atoms with Crippen LogP contribution in [0.25, 0.3) is 0 Å². The first-order valence-electron chi connectivity index (χ1n) is 7.18. The van der Waals surface area contributed by atoms with Crippen LogP contribution in [-0.4, -0.2) is 46.5 Å². The number of rotatable bonds is 4. The van der Waals surface area contributed by atoms with Crippen LogP contribution < -0.4 is 11.1 Å². The van der Waals surface area contributed by atoms with E-state index < -0.39 is 29.5 Å². The zero-order valence-electron chi connectivity index (χ0n) is 13.0. The molecule has 1 rings (SSSR count). The van der Waals surface area contributed by atoms with Crippen molar-refractivity contribution in [2.24, 2.45) is 17.1 Å². The summed E-state index contributed by atoms with van der Waals surface area (Å²) in [6, 6.07) is -1.56. The van der Waals surface area contributed by atoms with E-state index in [2.05, 4.69) is 5.32 Å². The molecule has 0 radical (unpaired) electrons. The minimum Gasteiger partial charge on any atom is -0.465 e. The van der Waals surface area contributed by atoms with E-state index in [1.54, 1.807) is 20.8 Å². The molecule has 0 bridgehead atoms. The van der Waals surface area contributed by atoms with Gasteiger partial charge in [0.05, 0.1) is 0 Å². The number of hydrogen-bond donors (Lipinski definition) is 3. The molecule has 0 aromatic rings. The van der Waals surface area contributed by atoms with Crippen molar-refractivity contribution in [1.29, 1.82) is 0 Å². The molecule has 1 fully saturated rings. The third-order valence-corrected chi connectivity index (χ3v) is 4.00. The number of nitrogens with zero attached hydrogens (tertiary/aromatic N) is 1. The van der Waals surface area contributed by atoms with Crippen molar-refractivity contribution in [1.82, 2.24) is 10.2 Å². The first kappa shape index (κ1) is 17.3. The van der Waals surface area contributed by atoms with Crippen molar-refractivity contribution in [2.45, 2.75) is 52.6 Å². The van der Waals surface area contributed by atoms with Gasteiger partial charge in [-0.3, -0.25) is 9.59 Å². The maximum absolute atomic E-state index is 12.7. The van der Waals surface area contributed by atoms with Gasteiger partial charge in [-0.15, -0.1) is 0 Å². The molecule has 3 atom stereocenters. The molecule has 0 spiro atoms. The number of nitrogens with two attached hydrogens (primary N) is 1. The largest absolute Gasteiger partial charge is 0.465 e. The SMILES string of the molecule is CC[C@@H]1CCN(C(=O)[C@@H](NC(=O)O)C(C)(C)C)[C@@H]1C(N)=O. The lowest BCUT2D eigenvalue weighted by atomic mass is 9.85. The number of amides is 3. The van der Waals surface area contributed by atoms with Crippen LogP contribution in [0.3, 0.4) is 0 Å². The molecule has 0 saturated carbocycles. The van der Waals surface area contributed by atoms with Crippen molar-refractivity contribution < 1.29 is 19.5 Å². The van der Waals surface area contributed by atoms with E-state index in [-0.39, 0.29) is 11.8 Å². The molecular formula is C14H25N3O4. The Morgan fingerprint density at radius 3 is 2.33 bits per heavy atom. The Morgan fingerprint density at radius 2 is 1.95 bits per heavy atom. The third-order valence-electron chi connectivity index (χ3n) is 4.00. The predicted molar refractivity (Wildman–Crippen MR) is 77.5 cm³/mol. The summed E-state index contributed by atoms with van der Waals surface area (Å²) in [6.45, 7) is 7.71. The summed E-state index contributed by atoms with van der Waals surface area (Å²) in [5, 5.41) is 11.2. The maximum Gasteiger partial charge on any atom is 0.405 e. The summed E-state index contributed by atoms with van der Waals surface area (Å²) in [7, 11) is 0. The van der Waals surface area contributed by atoms with E-state index in [9.17, 15) is 14.4 Å². The van der Waals surface area contributed by atoms with Crippen LogP contribution >= 0.6 is 0 Å². The number of nitrogens with one attached hydrogen (secondary N) is 1. The lowest BCUT2D eigenvalue weighted by molar-refractivity contribution is -0.141. The molecule has 3 amide bonds. The molecule has 4 N–H and O–H groups in total. The van der Waals surface area contributed by atoms with E-state index in [4.69, 9.17) is 10.8 Å². The third kappa shape index (κ3) is 3.86. The van der Waals surface area contributed by atoms with E-state index in [0.29, 0.717) is 13.0 Å². The van der Waals surface area contributed by atoms with Crippen molar-refractivity contribution in [3.63, 3.8) is 0 Å². The van der Waals surface area contributed by atoms with Crippen LogP contribution in [0, 0.1) is 11.3 Å². The lowest BCUT2D eigenvalue weighted by Gasteiger charge is -2.35. The molecule has 0 aliphatic carbocycles. The summed E-state index contributed by atoms with van der Waals surface area (Å²) in [4.78, 5) is 36.7. The monoisotopic (exact) mass is 299 g/mol. The van der Waals surface area contributed by atoms with Crippen molar-refractivity contribution in [3.8, 4) is 0 Å². The number of carbonyl (C=O) groups excluding carboxylic acids is 2. The summed E-state index contributed by atoms with van der Waals surface area (Å²) in [5.41, 5.74) is 4.84. The highest BCUT2D eigenvalue weighted by atomic mass is 16.4. The highest BCUT2D eigenvalue weighted by Crippen LogP contribution is 2.30. The van der Waals surface area contributed by atoms with Crippen molar-refractivity contribution >= 4 is 17.9 Å². The van der Waals surface area contributed by atoms with Gasteiger partial charge in [0, 0.05) is 6.54 Å². The molecular weight excluding hydrogens is 274 g/mol. The highest BCUT2D eigenvalue weighted by Gasteiger charge is 2.44. The molecule has 0 unspecified atom stereocenters. The second-order valence-electron chi connectivity index (χ2n) is 6.58. The van der Waals surface area contributed by atoms with Gasteiger partial charge in [0.1, 0.15) is 12.1 Å². The molecule has 1 aliphatic rings. The van der Waals surface area contributed by atoms with Gasteiger partial charge in [0.15, 0.2) is 0 Å². The Hall–Kier alpha value is -1.79. The van der Waals surface area contributed by atoms with E-state index in [0.717, 1.165) is 6.42 Å². The molecule has 21 heavy (non-hydrogen) atoms. The molecule has 0 aromatic heterocycles. The summed E-state index contributed by atoms with van der Waals surface area (Å²) in [6.07, 6.45) is 0.203. The molecule has 1 saturated heterocycles. The molecule has 7 heteroatoms. The summed E-state index contributed by atoms with van der Waals surface area (Å²) >= 11 is 0. The summed E-state index contributed by atoms with van der Waals surface area (Å²) in [5.74, 6) is -0.878. The Morgan fingerprint density at radius 1 is 1.38 bits per heavy atom. The number of hydrogen-bond acceptors (Lipinski definition) is 3. The fourth-order valence-electron chi connectivity index (χ4n) is 2.85. The minimum absolute atomic E-state index is 0.0388. The fraction of sp³-hybridized carbons (Fsp3) is 0.786. The molecule has 1 heterocycles. The van der Waals surface area contributed by atoms with Gasteiger partial charge in [-0.05, 0) is 17.8 Å². The average Bonchev–Trinajstić information content (AvgIpc) is 2.77. The van der Waals surface area contributed by atoms with Gasteiger partial charge in [-0.2, -0.15) is 0 Å². The first-order chi connectivity index (χ1) is 9.59. The quantitative estimate of drug-likeness (QED) is 0.712. The molecule has 120 valence electrons. The molecule has 7 nitrogen and oxygen atoms in total. The van der Waals surface area contributed by atoms with E-state index >= 15 is 0 Å². The van der Waals surface area contributed by atoms with Gasteiger partial charge >= 0.3 is 6.09 Å². The number of primary amides is 1. The lowest BCUT2D eigenvalue weighted by Crippen LogP contribution is -2.57. The van der Waals surface area contributed by atoms with Gasteiger partial charge in [-0.25, -0.2) is 4.79 Å². The van der Waals surface area contributed by atoms with Crippen molar-refractivity contribution in [3.05, 3.63) is 0 Å². The normalized spacial score (nSPS) is 23.7. The first-order valence-corrected chi connectivity index (χ1v) is 7.18. The second-order valence-corrected chi connectivity index (χ2v) is 6.58. The van der Waals surface area contributed by atoms with Crippen LogP contribution in [0.5, 0.6) is 0 Å². The minimum atomic E-state index is -1.26. The number of carboxylic acid groups (broad SMARTS) is 1. The zero-order valence-corrected chi connectivity index (χ0v) is 13.0. The van der Waals surface area contributed by atoms with Gasteiger partial charge < -0.3 is 21.1 Å². The smallest absolute Gasteiger partial charge is 0.405 e. The molecule has 1 aliphatic heterocycles. The van der Waals surface area contributed by atoms with Gasteiger partial charge in [0.2, 0.25) is 11.8 Å². The molecule has 0 aromatic carbocycles. The highest BCUT2D eigenvalue weighted by molar-refractivity contribution is 5.91.